The summed E-state index contributed by atoms with van der Waals surface area (Å²) in [6.45, 7) is 7.14. The molecule has 2 aliphatic rings. The van der Waals surface area contributed by atoms with Gasteiger partial charge in [-0.05, 0) is 56.1 Å². The van der Waals surface area contributed by atoms with Crippen molar-refractivity contribution in [1.29, 1.82) is 0 Å². The van der Waals surface area contributed by atoms with Crippen molar-refractivity contribution in [3.8, 4) is 0 Å². The van der Waals surface area contributed by atoms with Gasteiger partial charge in [0.1, 0.15) is 5.82 Å². The van der Waals surface area contributed by atoms with Crippen LogP contribution in [0.3, 0.4) is 0 Å². The number of nitrogens with one attached hydrogen (secondary N) is 1. The molecule has 1 N–H and O–H groups in total. The Labute approximate surface area is 211 Å². The molecule has 3 heterocycles. The first-order chi connectivity index (χ1) is 16.6. The summed E-state index contributed by atoms with van der Waals surface area (Å²) in [6, 6.07) is 6.57. The Morgan fingerprint density at radius 3 is 2.49 bits per heavy atom. The number of hydrogen-bond donors (Lipinski definition) is 1. The Kier molecular flexibility index (Phi) is 8.15. The molecule has 1 aromatic heterocycles. The second-order valence-corrected chi connectivity index (χ2v) is 11.6. The lowest BCUT2D eigenvalue weighted by atomic mass is 9.98. The van der Waals surface area contributed by atoms with E-state index in [9.17, 15) is 17.2 Å². The maximum atomic E-state index is 13.5. The number of sulfonamides is 1. The molecular weight excluding hydrogens is 496 g/mol. The highest BCUT2D eigenvalue weighted by Gasteiger charge is 2.34. The maximum absolute atomic E-state index is 13.5. The van der Waals surface area contributed by atoms with Crippen LogP contribution in [0, 0.1) is 11.6 Å². The normalized spacial score (nSPS) is 20.8. The largest absolute Gasteiger partial charge is 0.353 e. The molecule has 7 nitrogen and oxygen atoms in total. The second kappa shape index (κ2) is 10.9. The van der Waals surface area contributed by atoms with E-state index >= 15 is 0 Å². The van der Waals surface area contributed by atoms with Gasteiger partial charge in [-0.1, -0.05) is 24.6 Å². The summed E-state index contributed by atoms with van der Waals surface area (Å²) in [5.41, 5.74) is 1.14. The van der Waals surface area contributed by atoms with Crippen LogP contribution in [0.2, 0.25) is 5.02 Å². The molecule has 0 saturated carbocycles. The van der Waals surface area contributed by atoms with Gasteiger partial charge < -0.3 is 4.90 Å². The highest BCUT2D eigenvalue weighted by Crippen LogP contribution is 2.31. The maximum Gasteiger partial charge on any atom is 0.229 e. The van der Waals surface area contributed by atoms with Gasteiger partial charge in [-0.2, -0.15) is 0 Å². The highest BCUT2D eigenvalue weighted by atomic mass is 35.5. The number of anilines is 2. The molecule has 0 amide bonds. The lowest BCUT2D eigenvalue weighted by molar-refractivity contribution is 0.0610. The topological polar surface area (TPSA) is 68.8 Å². The summed E-state index contributed by atoms with van der Waals surface area (Å²) in [5.74, 6) is -0.933. The van der Waals surface area contributed by atoms with Crippen molar-refractivity contribution in [2.45, 2.75) is 44.8 Å². The van der Waals surface area contributed by atoms with Gasteiger partial charge in [0, 0.05) is 38.3 Å². The Hall–Kier alpha value is -2.01. The number of nitrogens with zero attached hydrogens (tertiary/aromatic N) is 4. The molecule has 4 rings (SSSR count). The van der Waals surface area contributed by atoms with Crippen LogP contribution in [0.1, 0.15) is 31.7 Å². The van der Waals surface area contributed by atoms with E-state index in [2.05, 4.69) is 31.3 Å². The number of pyridine rings is 1. The van der Waals surface area contributed by atoms with Crippen molar-refractivity contribution >= 4 is 33.1 Å². The molecule has 0 aliphatic carbocycles. The van der Waals surface area contributed by atoms with Crippen molar-refractivity contribution in [3.05, 3.63) is 52.7 Å². The first-order valence-corrected chi connectivity index (χ1v) is 14.2. The van der Waals surface area contributed by atoms with Gasteiger partial charge in [0.25, 0.3) is 0 Å². The molecule has 2 aromatic rings. The minimum absolute atomic E-state index is 0.349. The first-order valence-electron chi connectivity index (χ1n) is 11.9. The van der Waals surface area contributed by atoms with E-state index in [-0.39, 0.29) is 0 Å². The molecule has 0 spiro atoms. The van der Waals surface area contributed by atoms with Crippen LogP contribution in [0.15, 0.2) is 30.5 Å². The van der Waals surface area contributed by atoms with Crippen LogP contribution in [0.5, 0.6) is 0 Å². The molecule has 0 radical (unpaired) electrons. The average molecular weight is 528 g/mol. The molecule has 1 aromatic carbocycles. The monoisotopic (exact) mass is 527 g/mol. The summed E-state index contributed by atoms with van der Waals surface area (Å²) in [6.07, 6.45) is 5.65. The van der Waals surface area contributed by atoms with Crippen LogP contribution in [0.25, 0.3) is 0 Å². The van der Waals surface area contributed by atoms with Crippen LogP contribution < -0.4 is 9.62 Å². The molecule has 11 heteroatoms. The van der Waals surface area contributed by atoms with Crippen molar-refractivity contribution in [1.82, 2.24) is 14.8 Å². The summed E-state index contributed by atoms with van der Waals surface area (Å²) < 4.78 is 52.1. The highest BCUT2D eigenvalue weighted by molar-refractivity contribution is 7.92. The van der Waals surface area contributed by atoms with Crippen molar-refractivity contribution in [2.24, 2.45) is 0 Å². The molecule has 2 aliphatic heterocycles. The summed E-state index contributed by atoms with van der Waals surface area (Å²) >= 11 is 6.47. The molecule has 2 saturated heterocycles. The predicted octanol–water partition coefficient (Wildman–Crippen LogP) is 3.95. The Morgan fingerprint density at radius 2 is 1.86 bits per heavy atom. The van der Waals surface area contributed by atoms with Crippen LogP contribution in [0.4, 0.5) is 20.3 Å². The average Bonchev–Trinajstić information content (AvgIpc) is 2.81. The van der Waals surface area contributed by atoms with Gasteiger partial charge in [-0.25, -0.2) is 22.2 Å². The van der Waals surface area contributed by atoms with Crippen LogP contribution >= 0.6 is 11.6 Å². The number of benzene rings is 1. The molecule has 35 heavy (non-hydrogen) atoms. The van der Waals surface area contributed by atoms with Gasteiger partial charge >= 0.3 is 0 Å². The summed E-state index contributed by atoms with van der Waals surface area (Å²) in [5, 5.41) is 0.424. The van der Waals surface area contributed by atoms with E-state index in [1.807, 2.05) is 0 Å². The Bertz CT molecular complexity index is 1140. The fraction of sp³-hybridized carbons (Fsp3) is 0.542. The number of likely N-dealkylation sites (tertiary alicyclic amines) is 1. The van der Waals surface area contributed by atoms with Gasteiger partial charge in [0.2, 0.25) is 10.0 Å². The van der Waals surface area contributed by atoms with E-state index < -0.39 is 21.7 Å². The molecular formula is C24H32ClF2N5O2S. The third-order valence-corrected chi connectivity index (χ3v) is 7.73. The van der Waals surface area contributed by atoms with Crippen LogP contribution in [-0.4, -0.2) is 74.3 Å². The number of halogens is 3. The third kappa shape index (κ3) is 6.61. The van der Waals surface area contributed by atoms with E-state index in [1.165, 1.54) is 18.3 Å². The van der Waals surface area contributed by atoms with Crippen molar-refractivity contribution in [2.75, 3.05) is 48.6 Å². The summed E-state index contributed by atoms with van der Waals surface area (Å²) in [4.78, 5) is 11.5. The van der Waals surface area contributed by atoms with Gasteiger partial charge in [0.15, 0.2) is 11.6 Å². The Balaban J connectivity index is 1.34. The number of rotatable bonds is 7. The number of piperidine rings is 1. The number of aromatic nitrogens is 1. The molecule has 192 valence electrons. The van der Waals surface area contributed by atoms with Gasteiger partial charge in [-0.15, -0.1) is 0 Å². The minimum Gasteiger partial charge on any atom is -0.353 e. The molecule has 0 bridgehead atoms. The molecule has 0 unspecified atom stereocenters. The number of hydrogen-bond acceptors (Lipinski definition) is 6. The molecule has 1 atom stereocenters. The van der Waals surface area contributed by atoms with E-state index in [0.717, 1.165) is 63.8 Å². The van der Waals surface area contributed by atoms with Crippen LogP contribution in [-0.2, 0) is 16.6 Å². The lowest BCUT2D eigenvalue weighted by Crippen LogP contribution is -2.58. The zero-order valence-electron chi connectivity index (χ0n) is 20.1. The predicted molar refractivity (Wildman–Crippen MR) is 135 cm³/mol. The van der Waals surface area contributed by atoms with Gasteiger partial charge in [-0.3, -0.25) is 14.5 Å². The zero-order valence-corrected chi connectivity index (χ0v) is 21.6. The Morgan fingerprint density at radius 1 is 1.11 bits per heavy atom. The van der Waals surface area contributed by atoms with Gasteiger partial charge in [0.05, 0.1) is 23.2 Å². The van der Waals surface area contributed by atoms with E-state index in [0.29, 0.717) is 35.2 Å². The first kappa shape index (κ1) is 26.1. The van der Waals surface area contributed by atoms with E-state index in [1.54, 1.807) is 12.1 Å². The lowest BCUT2D eigenvalue weighted by Gasteiger charge is -2.47. The molecule has 2 fully saturated rings. The standard InChI is InChI=1S/C24H32ClF2N5O2S/c1-3-19-16-31(24-21(25)13-18(14-28-24)29-35(2,33)34)10-11-32(19)20-6-8-30(9-7-20)15-17-4-5-22(26)23(27)12-17/h4-5,12-14,19-20,29H,3,6-11,15-16H2,1-2H3/t19-/m0/s1. The number of piperazine rings is 1. The summed E-state index contributed by atoms with van der Waals surface area (Å²) in [7, 11) is -3.39. The minimum atomic E-state index is -3.39. The fourth-order valence-electron chi connectivity index (χ4n) is 5.14. The SMILES string of the molecule is CC[C@H]1CN(c2ncc(NS(C)(=O)=O)cc2Cl)CCN1C1CCN(Cc2ccc(F)c(F)c2)CC1. The van der Waals surface area contributed by atoms with E-state index in [4.69, 9.17) is 11.6 Å². The fourth-order valence-corrected chi connectivity index (χ4v) is 5.97. The van der Waals surface area contributed by atoms with Crippen molar-refractivity contribution < 1.29 is 17.2 Å². The zero-order chi connectivity index (χ0) is 25.2. The second-order valence-electron chi connectivity index (χ2n) is 9.41. The third-order valence-electron chi connectivity index (χ3n) is 6.84. The quantitative estimate of drug-likeness (QED) is 0.588. The smallest absolute Gasteiger partial charge is 0.229 e. The van der Waals surface area contributed by atoms with Crippen molar-refractivity contribution in [3.63, 3.8) is 0 Å².